The van der Waals surface area contributed by atoms with Crippen molar-refractivity contribution in [2.45, 2.75) is 51.9 Å². The van der Waals surface area contributed by atoms with E-state index in [2.05, 4.69) is 0 Å². The number of carboxylic acids is 1. The Morgan fingerprint density at radius 2 is 1.62 bits per heavy atom. The molecular weight excluding hydrogens is 200 g/mol. The first kappa shape index (κ1) is 10.6. The highest BCUT2D eigenvalue weighted by Crippen LogP contribution is 2.61. The minimum absolute atomic E-state index is 0.142. The van der Waals surface area contributed by atoms with Crippen LogP contribution in [0, 0.1) is 29.1 Å². The Kier molecular flexibility index (Phi) is 2.31. The molecule has 4 rings (SSSR count). The molecule has 0 aromatic heterocycles. The molecule has 2 nitrogen and oxygen atoms in total. The van der Waals surface area contributed by atoms with E-state index in [4.69, 9.17) is 5.11 Å². The van der Waals surface area contributed by atoms with Gasteiger partial charge in [-0.05, 0) is 68.1 Å². The maximum atomic E-state index is 11.0. The van der Waals surface area contributed by atoms with Gasteiger partial charge in [-0.15, -0.1) is 0 Å². The van der Waals surface area contributed by atoms with Crippen LogP contribution in [-0.4, -0.2) is 11.1 Å². The zero-order valence-corrected chi connectivity index (χ0v) is 10.1. The molecular formula is C14H22O2. The van der Waals surface area contributed by atoms with Gasteiger partial charge in [-0.2, -0.15) is 0 Å². The number of carboxylic acid groups (broad SMARTS) is 1. The molecule has 4 bridgehead atoms. The first-order valence-electron chi connectivity index (χ1n) is 6.79. The molecule has 1 atom stereocenters. The molecule has 0 aromatic rings. The average Bonchev–Trinajstić information content (AvgIpc) is 2.13. The van der Waals surface area contributed by atoms with Crippen molar-refractivity contribution in [3.05, 3.63) is 0 Å². The molecule has 2 heteroatoms. The first-order chi connectivity index (χ1) is 7.56. The van der Waals surface area contributed by atoms with Crippen LogP contribution in [0.1, 0.15) is 51.9 Å². The van der Waals surface area contributed by atoms with Crippen LogP contribution in [0.5, 0.6) is 0 Å². The number of rotatable bonds is 3. The fraction of sp³-hybridized carbons (Fsp3) is 0.929. The largest absolute Gasteiger partial charge is 0.481 e. The summed E-state index contributed by atoms with van der Waals surface area (Å²) in [7, 11) is 0. The molecule has 4 aliphatic carbocycles. The molecule has 90 valence electrons. The van der Waals surface area contributed by atoms with E-state index in [1.54, 1.807) is 0 Å². The van der Waals surface area contributed by atoms with Gasteiger partial charge in [0, 0.05) is 0 Å². The summed E-state index contributed by atoms with van der Waals surface area (Å²) in [6, 6.07) is 0. The van der Waals surface area contributed by atoms with Crippen molar-refractivity contribution in [1.82, 2.24) is 0 Å². The second-order valence-corrected chi connectivity index (χ2v) is 6.86. The minimum Gasteiger partial charge on any atom is -0.481 e. The van der Waals surface area contributed by atoms with Crippen molar-refractivity contribution in [3.63, 3.8) is 0 Å². The van der Waals surface area contributed by atoms with Crippen LogP contribution in [0.2, 0.25) is 0 Å². The third-order valence-electron chi connectivity index (χ3n) is 5.33. The Labute approximate surface area is 97.4 Å². The molecule has 0 amide bonds. The molecule has 0 spiro atoms. The van der Waals surface area contributed by atoms with Crippen LogP contribution in [0.3, 0.4) is 0 Å². The molecule has 0 aromatic carbocycles. The van der Waals surface area contributed by atoms with E-state index in [1.165, 1.54) is 38.5 Å². The lowest BCUT2D eigenvalue weighted by Crippen LogP contribution is -2.47. The fourth-order valence-electron chi connectivity index (χ4n) is 5.28. The maximum absolute atomic E-state index is 11.0. The van der Waals surface area contributed by atoms with Crippen LogP contribution >= 0.6 is 0 Å². The predicted octanol–water partition coefficient (Wildman–Crippen LogP) is 3.31. The fourth-order valence-corrected chi connectivity index (χ4v) is 5.28. The van der Waals surface area contributed by atoms with E-state index in [9.17, 15) is 4.79 Å². The van der Waals surface area contributed by atoms with Crippen molar-refractivity contribution in [2.24, 2.45) is 29.1 Å². The van der Waals surface area contributed by atoms with Gasteiger partial charge in [0.2, 0.25) is 0 Å². The predicted molar refractivity (Wildman–Crippen MR) is 62.0 cm³/mol. The molecule has 0 radical (unpaired) electrons. The van der Waals surface area contributed by atoms with E-state index in [0.29, 0.717) is 5.41 Å². The maximum Gasteiger partial charge on any atom is 0.306 e. The average molecular weight is 222 g/mol. The number of carbonyl (C=O) groups is 1. The van der Waals surface area contributed by atoms with Crippen molar-refractivity contribution < 1.29 is 9.90 Å². The molecule has 4 saturated carbocycles. The monoisotopic (exact) mass is 222 g/mol. The molecule has 0 saturated heterocycles. The molecule has 0 aliphatic heterocycles. The van der Waals surface area contributed by atoms with Crippen molar-refractivity contribution in [1.29, 1.82) is 0 Å². The first-order valence-corrected chi connectivity index (χ1v) is 6.79. The Hall–Kier alpha value is -0.530. The van der Waals surface area contributed by atoms with E-state index in [0.717, 1.165) is 24.2 Å². The zero-order valence-electron chi connectivity index (χ0n) is 10.1. The van der Waals surface area contributed by atoms with Gasteiger partial charge in [-0.1, -0.05) is 6.92 Å². The Morgan fingerprint density at radius 3 is 2.00 bits per heavy atom. The summed E-state index contributed by atoms with van der Waals surface area (Å²) in [5.74, 6) is 2.07. The number of hydrogen-bond donors (Lipinski definition) is 1. The van der Waals surface area contributed by atoms with Crippen LogP contribution in [0.15, 0.2) is 0 Å². The zero-order chi connectivity index (χ0) is 11.3. The number of hydrogen-bond acceptors (Lipinski definition) is 1. The van der Waals surface area contributed by atoms with Crippen LogP contribution in [-0.2, 0) is 4.79 Å². The SMILES string of the molecule is C[C@@H](CC12CC3CC(CC(C3)C1)C2)C(=O)O. The van der Waals surface area contributed by atoms with Crippen LogP contribution < -0.4 is 0 Å². The third-order valence-corrected chi connectivity index (χ3v) is 5.33. The molecule has 1 N–H and O–H groups in total. The van der Waals surface area contributed by atoms with Crippen molar-refractivity contribution in [2.75, 3.05) is 0 Å². The highest BCUT2D eigenvalue weighted by atomic mass is 16.4. The lowest BCUT2D eigenvalue weighted by molar-refractivity contribution is -0.144. The minimum atomic E-state index is -0.601. The van der Waals surface area contributed by atoms with Crippen molar-refractivity contribution >= 4 is 5.97 Å². The highest BCUT2D eigenvalue weighted by Gasteiger charge is 2.51. The summed E-state index contributed by atoms with van der Waals surface area (Å²) in [6.45, 7) is 1.89. The van der Waals surface area contributed by atoms with Crippen LogP contribution in [0.4, 0.5) is 0 Å². The van der Waals surface area contributed by atoms with Gasteiger partial charge in [0.05, 0.1) is 5.92 Å². The molecule has 4 aliphatic rings. The normalized spacial score (nSPS) is 46.9. The van der Waals surface area contributed by atoms with E-state index in [1.807, 2.05) is 6.92 Å². The van der Waals surface area contributed by atoms with E-state index in [-0.39, 0.29) is 5.92 Å². The summed E-state index contributed by atoms with van der Waals surface area (Å²) in [6.07, 6.45) is 9.26. The second-order valence-electron chi connectivity index (χ2n) is 6.86. The van der Waals surface area contributed by atoms with E-state index >= 15 is 0 Å². The van der Waals surface area contributed by atoms with Gasteiger partial charge in [-0.25, -0.2) is 0 Å². The third kappa shape index (κ3) is 1.66. The Morgan fingerprint density at radius 1 is 1.19 bits per heavy atom. The van der Waals surface area contributed by atoms with Gasteiger partial charge < -0.3 is 5.11 Å². The van der Waals surface area contributed by atoms with Gasteiger partial charge in [0.1, 0.15) is 0 Å². The molecule has 16 heavy (non-hydrogen) atoms. The van der Waals surface area contributed by atoms with Crippen LogP contribution in [0.25, 0.3) is 0 Å². The topological polar surface area (TPSA) is 37.3 Å². The van der Waals surface area contributed by atoms with Gasteiger partial charge in [0.15, 0.2) is 0 Å². The Balaban J connectivity index is 1.76. The van der Waals surface area contributed by atoms with Gasteiger partial charge >= 0.3 is 5.97 Å². The Bertz CT molecular complexity index is 273. The summed E-state index contributed by atoms with van der Waals surface area (Å²) >= 11 is 0. The summed E-state index contributed by atoms with van der Waals surface area (Å²) in [5.41, 5.74) is 0.423. The lowest BCUT2D eigenvalue weighted by atomic mass is 9.48. The van der Waals surface area contributed by atoms with E-state index < -0.39 is 5.97 Å². The highest BCUT2D eigenvalue weighted by molar-refractivity contribution is 5.69. The smallest absolute Gasteiger partial charge is 0.306 e. The summed E-state index contributed by atoms with van der Waals surface area (Å²) < 4.78 is 0. The lowest BCUT2D eigenvalue weighted by Gasteiger charge is -2.57. The summed E-state index contributed by atoms with van der Waals surface area (Å²) in [5, 5.41) is 9.08. The summed E-state index contributed by atoms with van der Waals surface area (Å²) in [4.78, 5) is 11.0. The van der Waals surface area contributed by atoms with Crippen molar-refractivity contribution in [3.8, 4) is 0 Å². The molecule has 4 fully saturated rings. The quantitative estimate of drug-likeness (QED) is 0.795. The molecule has 0 heterocycles. The molecule has 0 unspecified atom stereocenters. The second kappa shape index (κ2) is 3.48. The van der Waals surface area contributed by atoms with Gasteiger partial charge in [0.25, 0.3) is 0 Å². The standard InChI is InChI=1S/C14H22O2/c1-9(13(15)16)5-14-6-10-2-11(7-14)4-12(3-10)8-14/h9-12H,2-8H2,1H3,(H,15,16)/t9-,10?,11?,12?,14?/m0/s1. The van der Waals surface area contributed by atoms with Gasteiger partial charge in [-0.3, -0.25) is 4.79 Å². The number of aliphatic carboxylic acids is 1.